The molecule has 2 heterocycles. The lowest BCUT2D eigenvalue weighted by Gasteiger charge is -2.17. The van der Waals surface area contributed by atoms with E-state index in [9.17, 15) is 4.79 Å². The standard InChI is InChI=1S/C12H18ClN3O2/c1-18-11-3-6-15(9-11)10-7-12(17)16(14-8-10)5-2-4-13/h7-8,11H,2-6,9H2,1H3. The van der Waals surface area contributed by atoms with E-state index in [-0.39, 0.29) is 11.7 Å². The number of methoxy groups -OCH3 is 1. The van der Waals surface area contributed by atoms with Gasteiger partial charge in [0.05, 0.1) is 18.0 Å². The first kappa shape index (κ1) is 13.4. The molecule has 1 aliphatic rings. The van der Waals surface area contributed by atoms with Gasteiger partial charge in [-0.1, -0.05) is 0 Å². The van der Waals surface area contributed by atoms with Crippen LogP contribution in [0.4, 0.5) is 5.69 Å². The Morgan fingerprint density at radius 1 is 1.61 bits per heavy atom. The Hall–Kier alpha value is -1.07. The molecule has 1 atom stereocenters. The molecular formula is C12H18ClN3O2. The van der Waals surface area contributed by atoms with Crippen LogP contribution in [0.3, 0.4) is 0 Å². The van der Waals surface area contributed by atoms with Gasteiger partial charge < -0.3 is 9.64 Å². The van der Waals surface area contributed by atoms with Crippen molar-refractivity contribution in [1.29, 1.82) is 0 Å². The van der Waals surface area contributed by atoms with Crippen molar-refractivity contribution in [3.63, 3.8) is 0 Å². The number of alkyl halides is 1. The van der Waals surface area contributed by atoms with Crippen molar-refractivity contribution >= 4 is 17.3 Å². The van der Waals surface area contributed by atoms with Crippen LogP contribution in [-0.2, 0) is 11.3 Å². The molecule has 5 nitrogen and oxygen atoms in total. The molecule has 0 saturated carbocycles. The van der Waals surface area contributed by atoms with Gasteiger partial charge >= 0.3 is 0 Å². The predicted octanol–water partition coefficient (Wildman–Crippen LogP) is 1.10. The minimum atomic E-state index is -0.0708. The summed E-state index contributed by atoms with van der Waals surface area (Å²) in [6, 6.07) is 1.64. The van der Waals surface area contributed by atoms with Gasteiger partial charge in [0.15, 0.2) is 0 Å². The van der Waals surface area contributed by atoms with Crippen molar-refractivity contribution in [3.8, 4) is 0 Å². The largest absolute Gasteiger partial charge is 0.380 e. The Balaban J connectivity index is 2.07. The molecule has 0 spiro atoms. The summed E-state index contributed by atoms with van der Waals surface area (Å²) in [5.74, 6) is 0.539. The van der Waals surface area contributed by atoms with Crippen molar-refractivity contribution in [2.45, 2.75) is 25.5 Å². The Bertz CT molecular complexity index is 449. The first-order valence-corrected chi connectivity index (χ1v) is 6.69. The summed E-state index contributed by atoms with van der Waals surface area (Å²) in [5, 5.41) is 4.17. The number of rotatable bonds is 5. The van der Waals surface area contributed by atoms with Crippen molar-refractivity contribution < 1.29 is 4.74 Å². The molecular weight excluding hydrogens is 254 g/mol. The SMILES string of the molecule is COC1CCN(c2cnn(CCCCl)c(=O)c2)C1. The van der Waals surface area contributed by atoms with E-state index in [0.717, 1.165) is 31.6 Å². The molecule has 1 aromatic rings. The fraction of sp³-hybridized carbons (Fsp3) is 0.667. The third-order valence-corrected chi connectivity index (χ3v) is 3.47. The van der Waals surface area contributed by atoms with E-state index in [2.05, 4.69) is 10.00 Å². The average molecular weight is 272 g/mol. The lowest BCUT2D eigenvalue weighted by atomic mass is 10.3. The van der Waals surface area contributed by atoms with E-state index in [4.69, 9.17) is 16.3 Å². The van der Waals surface area contributed by atoms with E-state index in [0.29, 0.717) is 12.4 Å². The number of anilines is 1. The topological polar surface area (TPSA) is 47.4 Å². The lowest BCUT2D eigenvalue weighted by Crippen LogP contribution is -2.27. The first-order valence-electron chi connectivity index (χ1n) is 6.15. The summed E-state index contributed by atoms with van der Waals surface area (Å²) >= 11 is 5.61. The zero-order valence-electron chi connectivity index (χ0n) is 10.5. The molecule has 0 aromatic carbocycles. The minimum Gasteiger partial charge on any atom is -0.380 e. The second kappa shape index (κ2) is 6.20. The number of aryl methyl sites for hydroxylation is 1. The van der Waals surface area contributed by atoms with Gasteiger partial charge in [0.1, 0.15) is 0 Å². The maximum absolute atomic E-state index is 11.9. The molecule has 0 aliphatic carbocycles. The van der Waals surface area contributed by atoms with E-state index in [1.54, 1.807) is 19.4 Å². The van der Waals surface area contributed by atoms with Crippen LogP contribution in [0.25, 0.3) is 0 Å². The molecule has 0 amide bonds. The molecule has 100 valence electrons. The maximum atomic E-state index is 11.9. The van der Waals surface area contributed by atoms with Gasteiger partial charge in [-0.05, 0) is 12.8 Å². The summed E-state index contributed by atoms with van der Waals surface area (Å²) in [5.41, 5.74) is 0.806. The predicted molar refractivity (Wildman–Crippen MR) is 71.5 cm³/mol. The van der Waals surface area contributed by atoms with E-state index >= 15 is 0 Å². The highest BCUT2D eigenvalue weighted by Crippen LogP contribution is 2.19. The molecule has 1 unspecified atom stereocenters. The quantitative estimate of drug-likeness (QED) is 0.753. The fourth-order valence-electron chi connectivity index (χ4n) is 2.13. The van der Waals surface area contributed by atoms with E-state index < -0.39 is 0 Å². The van der Waals surface area contributed by atoms with Gasteiger partial charge in [-0.25, -0.2) is 4.68 Å². The minimum absolute atomic E-state index is 0.0708. The zero-order chi connectivity index (χ0) is 13.0. The number of hydrogen-bond donors (Lipinski definition) is 0. The van der Waals surface area contributed by atoms with Crippen LogP contribution in [0.15, 0.2) is 17.1 Å². The van der Waals surface area contributed by atoms with Gasteiger partial charge in [0, 0.05) is 38.7 Å². The van der Waals surface area contributed by atoms with Gasteiger partial charge in [-0.15, -0.1) is 11.6 Å². The molecule has 1 fully saturated rings. The third-order valence-electron chi connectivity index (χ3n) is 3.20. The van der Waals surface area contributed by atoms with Crippen molar-refractivity contribution in [3.05, 3.63) is 22.6 Å². The summed E-state index contributed by atoms with van der Waals surface area (Å²) in [6.07, 6.45) is 3.74. The number of hydrogen-bond acceptors (Lipinski definition) is 4. The Morgan fingerprint density at radius 2 is 2.44 bits per heavy atom. The highest BCUT2D eigenvalue weighted by Gasteiger charge is 2.22. The number of nitrogens with zero attached hydrogens (tertiary/aromatic N) is 3. The van der Waals surface area contributed by atoms with Crippen LogP contribution < -0.4 is 10.5 Å². The number of aromatic nitrogens is 2. The maximum Gasteiger partial charge on any atom is 0.268 e. The van der Waals surface area contributed by atoms with Crippen LogP contribution >= 0.6 is 11.6 Å². The highest BCUT2D eigenvalue weighted by molar-refractivity contribution is 6.17. The van der Waals surface area contributed by atoms with Crippen LogP contribution in [0.2, 0.25) is 0 Å². The Kier molecular flexibility index (Phi) is 4.60. The summed E-state index contributed by atoms with van der Waals surface area (Å²) in [6.45, 7) is 2.30. The molecule has 0 bridgehead atoms. The van der Waals surface area contributed by atoms with E-state index in [1.807, 2.05) is 0 Å². The van der Waals surface area contributed by atoms with Crippen LogP contribution in [0, 0.1) is 0 Å². The second-order valence-electron chi connectivity index (χ2n) is 4.41. The molecule has 18 heavy (non-hydrogen) atoms. The molecule has 1 aliphatic heterocycles. The monoisotopic (exact) mass is 271 g/mol. The summed E-state index contributed by atoms with van der Waals surface area (Å²) in [4.78, 5) is 14.0. The van der Waals surface area contributed by atoms with Gasteiger partial charge in [0.25, 0.3) is 5.56 Å². The Labute approximate surface area is 111 Å². The van der Waals surface area contributed by atoms with Gasteiger partial charge in [0.2, 0.25) is 0 Å². The molecule has 0 radical (unpaired) electrons. The lowest BCUT2D eigenvalue weighted by molar-refractivity contribution is 0.121. The highest BCUT2D eigenvalue weighted by atomic mass is 35.5. The van der Waals surface area contributed by atoms with Gasteiger partial charge in [-0.3, -0.25) is 4.79 Å². The van der Waals surface area contributed by atoms with Crippen molar-refractivity contribution in [1.82, 2.24) is 9.78 Å². The molecule has 1 saturated heterocycles. The van der Waals surface area contributed by atoms with Crippen molar-refractivity contribution in [2.75, 3.05) is 31.0 Å². The normalized spacial score (nSPS) is 19.4. The van der Waals surface area contributed by atoms with Gasteiger partial charge in [-0.2, -0.15) is 5.10 Å². The fourth-order valence-corrected chi connectivity index (χ4v) is 2.25. The number of halogens is 1. The summed E-state index contributed by atoms with van der Waals surface area (Å²) in [7, 11) is 1.72. The van der Waals surface area contributed by atoms with Crippen molar-refractivity contribution in [2.24, 2.45) is 0 Å². The molecule has 1 aromatic heterocycles. The second-order valence-corrected chi connectivity index (χ2v) is 4.79. The molecule has 0 N–H and O–H groups in total. The van der Waals surface area contributed by atoms with E-state index in [1.165, 1.54) is 4.68 Å². The van der Waals surface area contributed by atoms with Crippen LogP contribution in [0.1, 0.15) is 12.8 Å². The average Bonchev–Trinajstić information content (AvgIpc) is 2.86. The zero-order valence-corrected chi connectivity index (χ0v) is 11.3. The first-order chi connectivity index (χ1) is 8.74. The Morgan fingerprint density at radius 3 is 3.06 bits per heavy atom. The molecule has 6 heteroatoms. The van der Waals surface area contributed by atoms with Crippen LogP contribution in [-0.4, -0.2) is 42.0 Å². The summed E-state index contributed by atoms with van der Waals surface area (Å²) < 4.78 is 6.76. The third kappa shape index (κ3) is 3.03. The number of ether oxygens (including phenoxy) is 1. The smallest absolute Gasteiger partial charge is 0.268 e. The van der Waals surface area contributed by atoms with Crippen LogP contribution in [0.5, 0.6) is 0 Å². The molecule has 2 rings (SSSR count).